The molecule has 0 unspecified atom stereocenters. The minimum Gasteiger partial charge on any atom is -0.368 e. The number of carbonyl (C=O) groups is 1. The van der Waals surface area contributed by atoms with Crippen molar-refractivity contribution in [3.63, 3.8) is 0 Å². The highest BCUT2D eigenvalue weighted by molar-refractivity contribution is 6.31. The molecule has 0 radical (unpaired) electrons. The van der Waals surface area contributed by atoms with Crippen molar-refractivity contribution >= 4 is 46.7 Å². The first kappa shape index (κ1) is 14.2. The number of nitrogen functional groups attached to an aromatic ring is 1. The van der Waals surface area contributed by atoms with Gasteiger partial charge in [-0.2, -0.15) is 4.98 Å². The molecule has 2 amide bonds. The number of urea groups is 1. The summed E-state index contributed by atoms with van der Waals surface area (Å²) in [6.45, 7) is 0. The third kappa shape index (κ3) is 4.15. The molecule has 9 heteroatoms. The molecule has 0 aliphatic rings. The highest BCUT2D eigenvalue weighted by atomic mass is 35.5. The first-order valence-electron chi connectivity index (χ1n) is 5.41. The number of halogens is 2. The van der Waals surface area contributed by atoms with E-state index in [0.717, 1.165) is 0 Å². The van der Waals surface area contributed by atoms with Crippen LogP contribution in [0, 0.1) is 0 Å². The average molecular weight is 313 g/mol. The maximum absolute atomic E-state index is 11.6. The highest BCUT2D eigenvalue weighted by Crippen LogP contribution is 2.15. The summed E-state index contributed by atoms with van der Waals surface area (Å²) in [7, 11) is 0. The Hall–Kier alpha value is -2.25. The fourth-order valence-corrected chi connectivity index (χ4v) is 1.73. The number of carbonyl (C=O) groups excluding carboxylic acids is 1. The Morgan fingerprint density at radius 2 is 2.00 bits per heavy atom. The number of anilines is 3. The standard InChI is InChI=1S/C11H10Cl2N6O/c12-6-2-1-3-7(4-6)15-11(20)19-18-9-5-8(13)16-10(14)17-9/h1-5H,(H2,15,19,20)(H3,14,16,17,18). The highest BCUT2D eigenvalue weighted by Gasteiger charge is 2.04. The zero-order valence-corrected chi connectivity index (χ0v) is 11.5. The van der Waals surface area contributed by atoms with E-state index in [1.807, 2.05) is 0 Å². The lowest BCUT2D eigenvalue weighted by atomic mass is 10.3. The van der Waals surface area contributed by atoms with Gasteiger partial charge in [0.1, 0.15) is 5.15 Å². The molecular weight excluding hydrogens is 303 g/mol. The Balaban J connectivity index is 1.92. The molecule has 5 N–H and O–H groups in total. The Morgan fingerprint density at radius 1 is 1.20 bits per heavy atom. The van der Waals surface area contributed by atoms with E-state index in [4.69, 9.17) is 28.9 Å². The van der Waals surface area contributed by atoms with Gasteiger partial charge in [0, 0.05) is 16.8 Å². The van der Waals surface area contributed by atoms with Gasteiger partial charge in [0.2, 0.25) is 5.95 Å². The van der Waals surface area contributed by atoms with Crippen molar-refractivity contribution < 1.29 is 4.79 Å². The van der Waals surface area contributed by atoms with E-state index < -0.39 is 6.03 Å². The summed E-state index contributed by atoms with van der Waals surface area (Å²) in [4.78, 5) is 19.2. The SMILES string of the molecule is Nc1nc(Cl)cc(NNC(=O)Nc2cccc(Cl)c2)n1. The Kier molecular flexibility index (Phi) is 4.44. The number of amides is 2. The molecule has 7 nitrogen and oxygen atoms in total. The fraction of sp³-hybridized carbons (Fsp3) is 0. The third-order valence-electron chi connectivity index (χ3n) is 2.10. The molecule has 0 saturated heterocycles. The second kappa shape index (κ2) is 6.27. The first-order valence-corrected chi connectivity index (χ1v) is 6.17. The number of nitrogens with one attached hydrogen (secondary N) is 3. The molecule has 0 aliphatic heterocycles. The van der Waals surface area contributed by atoms with Crippen molar-refractivity contribution in [1.82, 2.24) is 15.4 Å². The summed E-state index contributed by atoms with van der Waals surface area (Å²) >= 11 is 11.5. The van der Waals surface area contributed by atoms with Crippen LogP contribution in [0.1, 0.15) is 0 Å². The minimum atomic E-state index is -0.499. The van der Waals surface area contributed by atoms with E-state index in [9.17, 15) is 4.79 Å². The summed E-state index contributed by atoms with van der Waals surface area (Å²) in [6, 6.07) is 7.65. The molecular formula is C11H10Cl2N6O. The van der Waals surface area contributed by atoms with Gasteiger partial charge in [-0.1, -0.05) is 29.3 Å². The van der Waals surface area contributed by atoms with E-state index in [2.05, 4.69) is 26.1 Å². The molecule has 0 bridgehead atoms. The molecule has 0 saturated carbocycles. The number of rotatable bonds is 3. The second-order valence-corrected chi connectivity index (χ2v) is 4.47. The average Bonchev–Trinajstić information content (AvgIpc) is 2.35. The van der Waals surface area contributed by atoms with Crippen LogP contribution in [-0.4, -0.2) is 16.0 Å². The summed E-state index contributed by atoms with van der Waals surface area (Å²) in [6.07, 6.45) is 0. The van der Waals surface area contributed by atoms with E-state index in [1.54, 1.807) is 24.3 Å². The van der Waals surface area contributed by atoms with E-state index in [0.29, 0.717) is 10.7 Å². The first-order chi connectivity index (χ1) is 9.52. The number of hydrazine groups is 1. The van der Waals surface area contributed by atoms with Crippen molar-refractivity contribution in [2.75, 3.05) is 16.5 Å². The lowest BCUT2D eigenvalue weighted by Crippen LogP contribution is -2.34. The van der Waals surface area contributed by atoms with E-state index >= 15 is 0 Å². The molecule has 1 heterocycles. The van der Waals surface area contributed by atoms with E-state index in [1.165, 1.54) is 6.07 Å². The van der Waals surface area contributed by atoms with Gasteiger partial charge >= 0.3 is 6.03 Å². The number of benzene rings is 1. The van der Waals surface area contributed by atoms with Crippen LogP contribution in [0.5, 0.6) is 0 Å². The van der Waals surface area contributed by atoms with Gasteiger partial charge in [-0.05, 0) is 18.2 Å². The van der Waals surface area contributed by atoms with Crippen LogP contribution in [0.3, 0.4) is 0 Å². The Bertz CT molecular complexity index is 616. The lowest BCUT2D eigenvalue weighted by molar-refractivity contribution is 0.254. The van der Waals surface area contributed by atoms with Crippen molar-refractivity contribution in [1.29, 1.82) is 0 Å². The second-order valence-electron chi connectivity index (χ2n) is 3.65. The van der Waals surface area contributed by atoms with Crippen LogP contribution in [0.15, 0.2) is 30.3 Å². The fourth-order valence-electron chi connectivity index (χ4n) is 1.35. The van der Waals surface area contributed by atoms with Crippen LogP contribution >= 0.6 is 23.2 Å². The quantitative estimate of drug-likeness (QED) is 0.515. The molecule has 0 atom stereocenters. The lowest BCUT2D eigenvalue weighted by Gasteiger charge is -2.09. The monoisotopic (exact) mass is 312 g/mol. The van der Waals surface area contributed by atoms with Gasteiger partial charge < -0.3 is 11.1 Å². The Labute approximate surface area is 124 Å². The molecule has 1 aromatic heterocycles. The zero-order chi connectivity index (χ0) is 14.5. The predicted octanol–water partition coefficient (Wildman–Crippen LogP) is 2.51. The molecule has 20 heavy (non-hydrogen) atoms. The molecule has 2 rings (SSSR count). The minimum absolute atomic E-state index is 0.00273. The van der Waals surface area contributed by atoms with Gasteiger partial charge in [0.05, 0.1) is 0 Å². The summed E-state index contributed by atoms with van der Waals surface area (Å²) < 4.78 is 0. The van der Waals surface area contributed by atoms with Gasteiger partial charge in [0.15, 0.2) is 5.82 Å². The van der Waals surface area contributed by atoms with Crippen LogP contribution in [0.2, 0.25) is 10.2 Å². The molecule has 0 spiro atoms. The topological polar surface area (TPSA) is 105 Å². The maximum Gasteiger partial charge on any atom is 0.337 e. The molecule has 1 aromatic carbocycles. The number of aromatic nitrogens is 2. The summed E-state index contributed by atoms with van der Waals surface area (Å²) in [5, 5.41) is 3.26. The van der Waals surface area contributed by atoms with Crippen LogP contribution in [-0.2, 0) is 0 Å². The van der Waals surface area contributed by atoms with Crippen LogP contribution in [0.25, 0.3) is 0 Å². The van der Waals surface area contributed by atoms with E-state index in [-0.39, 0.29) is 16.9 Å². The van der Waals surface area contributed by atoms with Crippen molar-refractivity contribution in [2.24, 2.45) is 0 Å². The summed E-state index contributed by atoms with van der Waals surface area (Å²) in [5.41, 5.74) is 10.9. The molecule has 0 aliphatic carbocycles. The van der Waals surface area contributed by atoms with Gasteiger partial charge in [-0.15, -0.1) is 0 Å². The smallest absolute Gasteiger partial charge is 0.337 e. The molecule has 0 fully saturated rings. The normalized spacial score (nSPS) is 9.90. The van der Waals surface area contributed by atoms with Crippen molar-refractivity contribution in [3.8, 4) is 0 Å². The molecule has 2 aromatic rings. The largest absolute Gasteiger partial charge is 0.368 e. The summed E-state index contributed by atoms with van der Waals surface area (Å²) in [5.74, 6) is 0.265. The van der Waals surface area contributed by atoms with Crippen molar-refractivity contribution in [3.05, 3.63) is 40.5 Å². The number of nitrogens with zero attached hydrogens (tertiary/aromatic N) is 2. The van der Waals surface area contributed by atoms with Crippen LogP contribution < -0.4 is 21.9 Å². The van der Waals surface area contributed by atoms with Crippen molar-refractivity contribution in [2.45, 2.75) is 0 Å². The van der Waals surface area contributed by atoms with Gasteiger partial charge in [0.25, 0.3) is 0 Å². The van der Waals surface area contributed by atoms with Crippen LogP contribution in [0.4, 0.5) is 22.2 Å². The predicted molar refractivity (Wildman–Crippen MR) is 78.7 cm³/mol. The number of hydrogen-bond donors (Lipinski definition) is 4. The Morgan fingerprint density at radius 3 is 2.70 bits per heavy atom. The number of nitrogens with two attached hydrogens (primary N) is 1. The zero-order valence-electron chi connectivity index (χ0n) is 10.0. The molecule has 104 valence electrons. The number of hydrogen-bond acceptors (Lipinski definition) is 5. The third-order valence-corrected chi connectivity index (χ3v) is 2.53. The van der Waals surface area contributed by atoms with Gasteiger partial charge in [-0.25, -0.2) is 9.78 Å². The van der Waals surface area contributed by atoms with Gasteiger partial charge in [-0.3, -0.25) is 10.9 Å². The maximum atomic E-state index is 11.6.